The van der Waals surface area contributed by atoms with Crippen molar-refractivity contribution in [2.45, 2.75) is 19.8 Å². The maximum absolute atomic E-state index is 12.1. The number of nitrogens with one attached hydrogen (secondary N) is 2. The van der Waals surface area contributed by atoms with Crippen LogP contribution in [-0.2, 0) is 10.0 Å². The van der Waals surface area contributed by atoms with Gasteiger partial charge in [-0.2, -0.15) is 0 Å². The lowest BCUT2D eigenvalue weighted by Gasteiger charge is -2.31. The molecule has 0 amide bonds. The SMILES string of the molecule is CCN1CCC(CNS(=O)(=O)CCN2CCNCC2)CC1. The summed E-state index contributed by atoms with van der Waals surface area (Å²) in [6, 6.07) is 0. The number of sulfonamides is 1. The Morgan fingerprint density at radius 1 is 1.10 bits per heavy atom. The second-order valence-corrected chi connectivity index (χ2v) is 8.06. The Hall–Kier alpha value is -0.210. The van der Waals surface area contributed by atoms with E-state index in [0.29, 0.717) is 19.0 Å². The van der Waals surface area contributed by atoms with Gasteiger partial charge in [-0.15, -0.1) is 0 Å². The molecule has 0 unspecified atom stereocenters. The highest BCUT2D eigenvalue weighted by molar-refractivity contribution is 7.89. The fourth-order valence-electron chi connectivity index (χ4n) is 3.01. The molecule has 0 spiro atoms. The quantitative estimate of drug-likeness (QED) is 0.665. The van der Waals surface area contributed by atoms with Crippen LogP contribution in [0.25, 0.3) is 0 Å². The van der Waals surface area contributed by atoms with Crippen LogP contribution < -0.4 is 10.0 Å². The molecule has 2 aliphatic rings. The summed E-state index contributed by atoms with van der Waals surface area (Å²) in [4.78, 5) is 4.64. The van der Waals surface area contributed by atoms with E-state index in [-0.39, 0.29) is 5.75 Å². The Bertz CT molecular complexity index is 388. The first kappa shape index (κ1) is 17.1. The van der Waals surface area contributed by atoms with E-state index in [2.05, 4.69) is 26.8 Å². The molecule has 0 radical (unpaired) electrons. The fourth-order valence-corrected chi connectivity index (χ4v) is 4.14. The van der Waals surface area contributed by atoms with Gasteiger partial charge in [0.15, 0.2) is 0 Å². The lowest BCUT2D eigenvalue weighted by Crippen LogP contribution is -2.46. The highest BCUT2D eigenvalue weighted by Gasteiger charge is 2.21. The normalized spacial score (nSPS) is 23.5. The molecule has 2 N–H and O–H groups in total. The zero-order chi connectivity index (χ0) is 15.1. The van der Waals surface area contributed by atoms with Gasteiger partial charge in [0.05, 0.1) is 5.75 Å². The van der Waals surface area contributed by atoms with E-state index < -0.39 is 10.0 Å². The summed E-state index contributed by atoms with van der Waals surface area (Å²) in [6.07, 6.45) is 2.21. The third kappa shape index (κ3) is 6.20. The lowest BCUT2D eigenvalue weighted by molar-refractivity contribution is 0.193. The second-order valence-electron chi connectivity index (χ2n) is 6.14. The van der Waals surface area contributed by atoms with Gasteiger partial charge in [0.2, 0.25) is 10.0 Å². The van der Waals surface area contributed by atoms with Gasteiger partial charge in [-0.25, -0.2) is 13.1 Å². The molecule has 0 atom stereocenters. The van der Waals surface area contributed by atoms with E-state index >= 15 is 0 Å². The van der Waals surface area contributed by atoms with Crippen molar-refractivity contribution in [3.63, 3.8) is 0 Å². The van der Waals surface area contributed by atoms with E-state index in [0.717, 1.165) is 58.7 Å². The predicted molar refractivity (Wildman–Crippen MR) is 85.9 cm³/mol. The van der Waals surface area contributed by atoms with Crippen molar-refractivity contribution < 1.29 is 8.42 Å². The highest BCUT2D eigenvalue weighted by Crippen LogP contribution is 2.16. The molecule has 2 saturated heterocycles. The van der Waals surface area contributed by atoms with Crippen LogP contribution in [0.5, 0.6) is 0 Å². The summed E-state index contributed by atoms with van der Waals surface area (Å²) in [6.45, 7) is 10.6. The average molecular weight is 318 g/mol. The van der Waals surface area contributed by atoms with E-state index in [9.17, 15) is 8.42 Å². The number of hydrogen-bond donors (Lipinski definition) is 2. The van der Waals surface area contributed by atoms with Gasteiger partial charge >= 0.3 is 0 Å². The van der Waals surface area contributed by atoms with Gasteiger partial charge < -0.3 is 10.2 Å². The average Bonchev–Trinajstić information content (AvgIpc) is 2.53. The zero-order valence-electron chi connectivity index (χ0n) is 13.2. The molecule has 6 nitrogen and oxygen atoms in total. The van der Waals surface area contributed by atoms with Gasteiger partial charge in [-0.3, -0.25) is 4.90 Å². The monoisotopic (exact) mass is 318 g/mol. The minimum Gasteiger partial charge on any atom is -0.314 e. The van der Waals surface area contributed by atoms with E-state index in [1.54, 1.807) is 0 Å². The first-order valence-electron chi connectivity index (χ1n) is 8.22. The molecule has 0 saturated carbocycles. The van der Waals surface area contributed by atoms with Gasteiger partial charge in [-0.1, -0.05) is 6.92 Å². The third-order valence-corrected chi connectivity index (χ3v) is 5.96. The number of likely N-dealkylation sites (tertiary alicyclic amines) is 1. The minimum absolute atomic E-state index is 0.223. The number of hydrogen-bond acceptors (Lipinski definition) is 5. The Labute approximate surface area is 129 Å². The van der Waals surface area contributed by atoms with Crippen molar-refractivity contribution in [1.82, 2.24) is 19.8 Å². The summed E-state index contributed by atoms with van der Waals surface area (Å²) >= 11 is 0. The van der Waals surface area contributed by atoms with Crippen molar-refractivity contribution in [2.24, 2.45) is 5.92 Å². The summed E-state index contributed by atoms with van der Waals surface area (Å²) in [5.41, 5.74) is 0. The molecule has 2 fully saturated rings. The summed E-state index contributed by atoms with van der Waals surface area (Å²) in [7, 11) is -3.13. The minimum atomic E-state index is -3.13. The van der Waals surface area contributed by atoms with Crippen LogP contribution in [0.15, 0.2) is 0 Å². The maximum Gasteiger partial charge on any atom is 0.212 e. The zero-order valence-corrected chi connectivity index (χ0v) is 14.0. The molecule has 2 heterocycles. The molecule has 0 aromatic heterocycles. The molecular formula is C14H30N4O2S. The Balaban J connectivity index is 1.64. The van der Waals surface area contributed by atoms with Crippen LogP contribution in [0.1, 0.15) is 19.8 Å². The fraction of sp³-hybridized carbons (Fsp3) is 1.00. The van der Waals surface area contributed by atoms with Crippen LogP contribution >= 0.6 is 0 Å². The van der Waals surface area contributed by atoms with Gasteiger partial charge in [0.1, 0.15) is 0 Å². The first-order chi connectivity index (χ1) is 10.1. The van der Waals surface area contributed by atoms with Gasteiger partial charge in [0, 0.05) is 39.3 Å². The molecule has 7 heteroatoms. The molecule has 2 rings (SSSR count). The molecule has 2 aliphatic heterocycles. The van der Waals surface area contributed by atoms with Gasteiger partial charge in [0.25, 0.3) is 0 Å². The Morgan fingerprint density at radius 2 is 1.76 bits per heavy atom. The van der Waals surface area contributed by atoms with Crippen molar-refractivity contribution in [1.29, 1.82) is 0 Å². The summed E-state index contributed by atoms with van der Waals surface area (Å²) in [5, 5.41) is 3.28. The second kappa shape index (κ2) is 8.43. The van der Waals surface area contributed by atoms with E-state index in [1.807, 2.05) is 0 Å². The summed E-state index contributed by atoms with van der Waals surface area (Å²) in [5.74, 6) is 0.725. The topological polar surface area (TPSA) is 64.7 Å². The first-order valence-corrected chi connectivity index (χ1v) is 9.87. The summed E-state index contributed by atoms with van der Waals surface area (Å²) < 4.78 is 27.0. The smallest absolute Gasteiger partial charge is 0.212 e. The molecular weight excluding hydrogens is 288 g/mol. The van der Waals surface area contributed by atoms with Crippen LogP contribution in [0, 0.1) is 5.92 Å². The van der Waals surface area contributed by atoms with Crippen molar-refractivity contribution in [3.8, 4) is 0 Å². The van der Waals surface area contributed by atoms with Crippen LogP contribution in [0.2, 0.25) is 0 Å². The number of piperazine rings is 1. The van der Waals surface area contributed by atoms with E-state index in [1.165, 1.54) is 0 Å². The largest absolute Gasteiger partial charge is 0.314 e. The number of piperidine rings is 1. The van der Waals surface area contributed by atoms with E-state index in [4.69, 9.17) is 0 Å². The molecule has 21 heavy (non-hydrogen) atoms. The third-order valence-electron chi connectivity index (χ3n) is 4.63. The van der Waals surface area contributed by atoms with Crippen molar-refractivity contribution in [2.75, 3.05) is 64.7 Å². The standard InChI is InChI=1S/C14H30N4O2S/c1-2-17-7-3-14(4-8-17)13-16-21(19,20)12-11-18-9-5-15-6-10-18/h14-16H,2-13H2,1H3. The molecule has 0 aromatic carbocycles. The molecule has 124 valence electrons. The molecule has 0 bridgehead atoms. The van der Waals surface area contributed by atoms with Crippen molar-refractivity contribution in [3.05, 3.63) is 0 Å². The highest BCUT2D eigenvalue weighted by atomic mass is 32.2. The van der Waals surface area contributed by atoms with Crippen LogP contribution in [0.3, 0.4) is 0 Å². The van der Waals surface area contributed by atoms with Crippen LogP contribution in [-0.4, -0.2) is 82.9 Å². The van der Waals surface area contributed by atoms with Crippen LogP contribution in [0.4, 0.5) is 0 Å². The molecule has 0 aromatic rings. The maximum atomic E-state index is 12.1. The number of nitrogens with zero attached hydrogens (tertiary/aromatic N) is 2. The predicted octanol–water partition coefficient (Wildman–Crippen LogP) is -0.457. The number of rotatable bonds is 7. The van der Waals surface area contributed by atoms with Crippen molar-refractivity contribution >= 4 is 10.0 Å². The lowest BCUT2D eigenvalue weighted by atomic mass is 9.97. The Kier molecular flexibility index (Phi) is 6.88. The molecule has 0 aliphatic carbocycles. The Morgan fingerprint density at radius 3 is 2.38 bits per heavy atom. The van der Waals surface area contributed by atoms with Gasteiger partial charge in [-0.05, 0) is 38.4 Å².